The van der Waals surface area contributed by atoms with Crippen molar-refractivity contribution in [3.8, 4) is 0 Å². The summed E-state index contributed by atoms with van der Waals surface area (Å²) in [5, 5.41) is 10.4. The van der Waals surface area contributed by atoms with Gasteiger partial charge in [0.2, 0.25) is 0 Å². The topological polar surface area (TPSA) is 62.5 Å². The predicted molar refractivity (Wildman–Crippen MR) is 108 cm³/mol. The number of hydrogen-bond donors (Lipinski definition) is 2. The standard InChI is InChI=1S/C21H29F3N4O/c1-5-25-20(27-12-10-19-15(3)28-29-16(19)4)26-11-9-14(2)17-7-6-8-18(13-17)21(22,23)24/h6-8,13-14H,5,9-12H2,1-4H3,(H2,25,26,27). The van der Waals surface area contributed by atoms with Gasteiger partial charge in [-0.25, -0.2) is 0 Å². The van der Waals surface area contributed by atoms with E-state index in [0.29, 0.717) is 31.0 Å². The lowest BCUT2D eigenvalue weighted by molar-refractivity contribution is -0.137. The summed E-state index contributed by atoms with van der Waals surface area (Å²) >= 11 is 0. The van der Waals surface area contributed by atoms with Crippen molar-refractivity contribution in [2.75, 3.05) is 19.6 Å². The van der Waals surface area contributed by atoms with Crippen LogP contribution in [-0.4, -0.2) is 30.8 Å². The molecule has 2 N–H and O–H groups in total. The smallest absolute Gasteiger partial charge is 0.361 e. The Kier molecular flexibility index (Phi) is 8.10. The summed E-state index contributed by atoms with van der Waals surface area (Å²) in [6.07, 6.45) is -2.90. The predicted octanol–water partition coefficient (Wildman–Crippen LogP) is 4.60. The molecule has 0 bridgehead atoms. The summed E-state index contributed by atoms with van der Waals surface area (Å²) < 4.78 is 43.9. The molecule has 1 aromatic carbocycles. The van der Waals surface area contributed by atoms with E-state index >= 15 is 0 Å². The quantitative estimate of drug-likeness (QED) is 0.493. The maximum absolute atomic E-state index is 12.9. The number of hydrogen-bond acceptors (Lipinski definition) is 3. The molecule has 1 unspecified atom stereocenters. The van der Waals surface area contributed by atoms with Crippen LogP contribution in [0.2, 0.25) is 0 Å². The molecule has 2 rings (SSSR count). The van der Waals surface area contributed by atoms with Gasteiger partial charge in [0, 0.05) is 25.2 Å². The number of guanidine groups is 1. The number of alkyl halides is 3. The Bertz CT molecular complexity index is 795. The van der Waals surface area contributed by atoms with Gasteiger partial charge in [-0.2, -0.15) is 13.2 Å². The minimum atomic E-state index is -4.32. The van der Waals surface area contributed by atoms with Crippen molar-refractivity contribution in [3.63, 3.8) is 0 Å². The van der Waals surface area contributed by atoms with E-state index in [-0.39, 0.29) is 5.92 Å². The van der Waals surface area contributed by atoms with Gasteiger partial charge in [-0.3, -0.25) is 4.99 Å². The number of rotatable bonds is 8. The number of aromatic nitrogens is 1. The SMILES string of the molecule is CCNC(=NCCC(C)c1cccc(C(F)(F)F)c1)NCCc1c(C)noc1C. The molecule has 0 spiro atoms. The molecular formula is C21H29F3N4O. The van der Waals surface area contributed by atoms with Gasteiger partial charge in [0.15, 0.2) is 5.96 Å². The molecule has 5 nitrogen and oxygen atoms in total. The van der Waals surface area contributed by atoms with Crippen LogP contribution in [0.1, 0.15) is 54.3 Å². The molecule has 0 radical (unpaired) electrons. The molecule has 1 atom stereocenters. The summed E-state index contributed by atoms with van der Waals surface area (Å²) in [4.78, 5) is 4.55. The molecule has 2 aromatic rings. The van der Waals surface area contributed by atoms with Crippen LogP contribution in [0.4, 0.5) is 13.2 Å². The first-order valence-electron chi connectivity index (χ1n) is 9.83. The third-order valence-corrected chi connectivity index (χ3v) is 4.81. The van der Waals surface area contributed by atoms with Crippen LogP contribution < -0.4 is 10.6 Å². The Morgan fingerprint density at radius 2 is 2.00 bits per heavy atom. The molecule has 29 heavy (non-hydrogen) atoms. The highest BCUT2D eigenvalue weighted by Gasteiger charge is 2.30. The molecule has 1 aromatic heterocycles. The number of benzene rings is 1. The van der Waals surface area contributed by atoms with Gasteiger partial charge in [0.05, 0.1) is 11.3 Å². The van der Waals surface area contributed by atoms with Crippen LogP contribution in [0, 0.1) is 13.8 Å². The zero-order valence-corrected chi connectivity index (χ0v) is 17.4. The number of nitrogens with zero attached hydrogens (tertiary/aromatic N) is 2. The maximum atomic E-state index is 12.9. The lowest BCUT2D eigenvalue weighted by atomic mass is 9.96. The fraction of sp³-hybridized carbons (Fsp3) is 0.524. The number of halogens is 3. The Morgan fingerprint density at radius 3 is 2.62 bits per heavy atom. The van der Waals surface area contributed by atoms with E-state index in [2.05, 4.69) is 20.8 Å². The summed E-state index contributed by atoms with van der Waals surface area (Å²) in [6, 6.07) is 5.51. The minimum absolute atomic E-state index is 0.0220. The molecule has 0 saturated heterocycles. The van der Waals surface area contributed by atoms with Crippen LogP contribution >= 0.6 is 0 Å². The van der Waals surface area contributed by atoms with Crippen molar-refractivity contribution < 1.29 is 17.7 Å². The largest absolute Gasteiger partial charge is 0.416 e. The fourth-order valence-corrected chi connectivity index (χ4v) is 3.06. The number of nitrogens with one attached hydrogen (secondary N) is 2. The highest BCUT2D eigenvalue weighted by Crippen LogP contribution is 2.31. The second-order valence-corrected chi connectivity index (χ2v) is 7.05. The Morgan fingerprint density at radius 1 is 1.24 bits per heavy atom. The van der Waals surface area contributed by atoms with Crippen LogP contribution in [0.15, 0.2) is 33.8 Å². The van der Waals surface area contributed by atoms with Crippen molar-refractivity contribution in [1.82, 2.24) is 15.8 Å². The molecule has 0 amide bonds. The zero-order chi connectivity index (χ0) is 21.4. The maximum Gasteiger partial charge on any atom is 0.416 e. The number of aryl methyl sites for hydroxylation is 2. The summed E-state index contributed by atoms with van der Waals surface area (Å²) in [5.74, 6) is 1.49. The van der Waals surface area contributed by atoms with E-state index in [4.69, 9.17) is 4.52 Å². The van der Waals surface area contributed by atoms with Crippen molar-refractivity contribution >= 4 is 5.96 Å². The fourth-order valence-electron chi connectivity index (χ4n) is 3.06. The van der Waals surface area contributed by atoms with E-state index < -0.39 is 11.7 Å². The second-order valence-electron chi connectivity index (χ2n) is 7.05. The molecule has 0 aliphatic heterocycles. The number of aliphatic imine (C=N–C) groups is 1. The Labute approximate surface area is 169 Å². The van der Waals surface area contributed by atoms with E-state index in [1.54, 1.807) is 6.07 Å². The Balaban J connectivity index is 1.89. The first-order chi connectivity index (χ1) is 13.7. The molecular weight excluding hydrogens is 381 g/mol. The third-order valence-electron chi connectivity index (χ3n) is 4.81. The first kappa shape index (κ1) is 22.8. The van der Waals surface area contributed by atoms with E-state index in [1.807, 2.05) is 27.7 Å². The molecule has 1 heterocycles. The average molecular weight is 410 g/mol. The van der Waals surface area contributed by atoms with Crippen molar-refractivity contribution in [2.45, 2.75) is 52.6 Å². The van der Waals surface area contributed by atoms with Crippen LogP contribution in [0.3, 0.4) is 0 Å². The van der Waals surface area contributed by atoms with Crippen LogP contribution in [-0.2, 0) is 12.6 Å². The first-order valence-corrected chi connectivity index (χ1v) is 9.83. The highest BCUT2D eigenvalue weighted by atomic mass is 19.4. The average Bonchev–Trinajstić information content (AvgIpc) is 2.99. The summed E-state index contributed by atoms with van der Waals surface area (Å²) in [7, 11) is 0. The van der Waals surface area contributed by atoms with Crippen LogP contribution in [0.25, 0.3) is 0 Å². The van der Waals surface area contributed by atoms with Gasteiger partial charge in [0.25, 0.3) is 0 Å². The van der Waals surface area contributed by atoms with Crippen LogP contribution in [0.5, 0.6) is 0 Å². The summed E-state index contributed by atoms with van der Waals surface area (Å²) in [6.45, 7) is 9.62. The molecule has 160 valence electrons. The molecule has 0 saturated carbocycles. The molecule has 0 aliphatic rings. The highest BCUT2D eigenvalue weighted by molar-refractivity contribution is 5.79. The zero-order valence-electron chi connectivity index (χ0n) is 17.4. The van der Waals surface area contributed by atoms with Gasteiger partial charge >= 0.3 is 6.18 Å². The van der Waals surface area contributed by atoms with Crippen molar-refractivity contribution in [1.29, 1.82) is 0 Å². The van der Waals surface area contributed by atoms with Crippen molar-refractivity contribution in [2.24, 2.45) is 4.99 Å². The van der Waals surface area contributed by atoms with Gasteiger partial charge < -0.3 is 15.2 Å². The van der Waals surface area contributed by atoms with Gasteiger partial charge in [-0.1, -0.05) is 30.3 Å². The Hall–Kier alpha value is -2.51. The third kappa shape index (κ3) is 6.80. The molecule has 0 aliphatic carbocycles. The lowest BCUT2D eigenvalue weighted by Crippen LogP contribution is -2.38. The monoisotopic (exact) mass is 410 g/mol. The molecule has 8 heteroatoms. The van der Waals surface area contributed by atoms with Gasteiger partial charge in [-0.05, 0) is 51.2 Å². The van der Waals surface area contributed by atoms with Crippen molar-refractivity contribution in [3.05, 3.63) is 52.4 Å². The lowest BCUT2D eigenvalue weighted by Gasteiger charge is -2.15. The van der Waals surface area contributed by atoms with E-state index in [0.717, 1.165) is 36.0 Å². The normalized spacial score (nSPS) is 13.4. The van der Waals surface area contributed by atoms with E-state index in [1.165, 1.54) is 12.1 Å². The minimum Gasteiger partial charge on any atom is -0.361 e. The summed E-state index contributed by atoms with van der Waals surface area (Å²) in [5.41, 5.74) is 2.04. The van der Waals surface area contributed by atoms with Gasteiger partial charge in [-0.15, -0.1) is 0 Å². The van der Waals surface area contributed by atoms with E-state index in [9.17, 15) is 13.2 Å². The second kappa shape index (κ2) is 10.3. The van der Waals surface area contributed by atoms with Gasteiger partial charge in [0.1, 0.15) is 5.76 Å². The molecule has 0 fully saturated rings.